The van der Waals surface area contributed by atoms with E-state index in [0.29, 0.717) is 5.75 Å². The van der Waals surface area contributed by atoms with Crippen LogP contribution in [0.4, 0.5) is 0 Å². The molecule has 0 saturated carbocycles. The first-order valence-electron chi connectivity index (χ1n) is 8.40. The summed E-state index contributed by atoms with van der Waals surface area (Å²) in [7, 11) is 0. The van der Waals surface area contributed by atoms with Gasteiger partial charge in [-0.1, -0.05) is 48.5 Å². The average Bonchev–Trinajstić information content (AvgIpc) is 3.21. The SMILES string of the molecule is Cc1ccsc1/C=N/NC(=O)CSC1c2ccccc2-c2ccccc21. The molecule has 0 spiro atoms. The molecule has 1 aliphatic carbocycles. The van der Waals surface area contributed by atoms with Gasteiger partial charge in [0, 0.05) is 4.88 Å². The third-order valence-corrected chi connectivity index (χ3v) is 6.65. The van der Waals surface area contributed by atoms with Crippen molar-refractivity contribution in [2.75, 3.05) is 5.75 Å². The number of amides is 1. The molecule has 0 radical (unpaired) electrons. The molecule has 1 aromatic heterocycles. The van der Waals surface area contributed by atoms with Crippen molar-refractivity contribution in [3.05, 3.63) is 81.5 Å². The van der Waals surface area contributed by atoms with Gasteiger partial charge in [-0.3, -0.25) is 4.79 Å². The smallest absolute Gasteiger partial charge is 0.250 e. The van der Waals surface area contributed by atoms with Gasteiger partial charge < -0.3 is 0 Å². The fourth-order valence-corrected chi connectivity index (χ4v) is 5.10. The molecule has 1 heterocycles. The fraction of sp³-hybridized carbons (Fsp3) is 0.143. The summed E-state index contributed by atoms with van der Waals surface area (Å²) in [5, 5.41) is 6.29. The monoisotopic (exact) mass is 378 g/mol. The highest BCUT2D eigenvalue weighted by Gasteiger charge is 2.28. The molecule has 1 aliphatic rings. The highest BCUT2D eigenvalue weighted by Crippen LogP contribution is 2.49. The van der Waals surface area contributed by atoms with Crippen molar-refractivity contribution >= 4 is 35.2 Å². The number of thioether (sulfide) groups is 1. The van der Waals surface area contributed by atoms with Crippen molar-refractivity contribution in [3.8, 4) is 11.1 Å². The van der Waals surface area contributed by atoms with Crippen LogP contribution in [0.2, 0.25) is 0 Å². The van der Waals surface area contributed by atoms with E-state index in [1.54, 1.807) is 29.3 Å². The maximum Gasteiger partial charge on any atom is 0.250 e. The Morgan fingerprint density at radius 1 is 1.12 bits per heavy atom. The van der Waals surface area contributed by atoms with Crippen LogP contribution in [0.15, 0.2) is 65.1 Å². The first kappa shape index (κ1) is 17.1. The highest BCUT2D eigenvalue weighted by molar-refractivity contribution is 8.00. The normalized spacial score (nSPS) is 13.0. The van der Waals surface area contributed by atoms with E-state index in [2.05, 4.69) is 59.1 Å². The second-order valence-electron chi connectivity index (χ2n) is 6.13. The molecule has 2 aromatic carbocycles. The average molecular weight is 379 g/mol. The summed E-state index contributed by atoms with van der Waals surface area (Å²) in [6, 6.07) is 18.9. The van der Waals surface area contributed by atoms with Crippen molar-refractivity contribution in [3.63, 3.8) is 0 Å². The lowest BCUT2D eigenvalue weighted by molar-refractivity contribution is -0.118. The van der Waals surface area contributed by atoms with Crippen LogP contribution >= 0.6 is 23.1 Å². The highest BCUT2D eigenvalue weighted by atomic mass is 32.2. The predicted molar refractivity (Wildman–Crippen MR) is 111 cm³/mol. The van der Waals surface area contributed by atoms with E-state index in [1.807, 2.05) is 18.4 Å². The van der Waals surface area contributed by atoms with E-state index in [9.17, 15) is 4.79 Å². The minimum atomic E-state index is -0.0812. The van der Waals surface area contributed by atoms with Gasteiger partial charge in [0.1, 0.15) is 0 Å². The quantitative estimate of drug-likeness (QED) is 0.501. The number of hydrogen-bond donors (Lipinski definition) is 1. The van der Waals surface area contributed by atoms with Crippen LogP contribution in [-0.4, -0.2) is 17.9 Å². The van der Waals surface area contributed by atoms with E-state index in [1.165, 1.54) is 27.8 Å². The largest absolute Gasteiger partial charge is 0.272 e. The number of nitrogens with zero attached hydrogens (tertiary/aromatic N) is 1. The van der Waals surface area contributed by atoms with E-state index in [0.717, 1.165) is 4.88 Å². The Morgan fingerprint density at radius 2 is 1.77 bits per heavy atom. The topological polar surface area (TPSA) is 41.5 Å². The number of thiophene rings is 1. The summed E-state index contributed by atoms with van der Waals surface area (Å²) in [5.74, 6) is 0.288. The van der Waals surface area contributed by atoms with Crippen LogP contribution < -0.4 is 5.43 Å². The van der Waals surface area contributed by atoms with Crippen molar-refractivity contribution < 1.29 is 4.79 Å². The number of fused-ring (bicyclic) bond motifs is 3. The second kappa shape index (κ2) is 7.48. The van der Waals surface area contributed by atoms with Crippen molar-refractivity contribution in [1.82, 2.24) is 5.43 Å². The molecule has 0 fully saturated rings. The van der Waals surface area contributed by atoms with E-state index in [4.69, 9.17) is 0 Å². The first-order chi connectivity index (χ1) is 12.7. The number of rotatable bonds is 5. The predicted octanol–water partition coefficient (Wildman–Crippen LogP) is 5.01. The van der Waals surface area contributed by atoms with Crippen LogP contribution in [0.3, 0.4) is 0 Å². The number of nitrogens with one attached hydrogen (secondary N) is 1. The summed E-state index contributed by atoms with van der Waals surface area (Å²) < 4.78 is 0. The number of carbonyl (C=O) groups is 1. The molecule has 5 heteroatoms. The first-order valence-corrected chi connectivity index (χ1v) is 10.3. The molecule has 4 rings (SSSR count). The number of hydrazone groups is 1. The standard InChI is InChI=1S/C21H18N2OS2/c1-14-10-11-25-19(14)12-22-23-20(24)13-26-21-17-8-4-2-6-15(17)16-7-3-5-9-18(16)21/h2-12,21H,13H2,1H3,(H,23,24)/b22-12+. The zero-order valence-corrected chi connectivity index (χ0v) is 15.9. The Kier molecular flexibility index (Phi) is 4.91. The van der Waals surface area contributed by atoms with Crippen molar-refractivity contribution in [1.29, 1.82) is 0 Å². The Balaban J connectivity index is 1.42. The summed E-state index contributed by atoms with van der Waals surface area (Å²) >= 11 is 3.26. The summed E-state index contributed by atoms with van der Waals surface area (Å²) in [6.07, 6.45) is 1.71. The van der Waals surface area contributed by atoms with Gasteiger partial charge in [0.2, 0.25) is 5.91 Å². The van der Waals surface area contributed by atoms with Gasteiger partial charge >= 0.3 is 0 Å². The third-order valence-electron chi connectivity index (χ3n) is 4.43. The van der Waals surface area contributed by atoms with Gasteiger partial charge in [-0.15, -0.1) is 23.1 Å². The molecule has 0 atom stereocenters. The summed E-state index contributed by atoms with van der Waals surface area (Å²) in [5.41, 5.74) is 8.91. The van der Waals surface area contributed by atoms with Crippen LogP contribution in [0, 0.1) is 6.92 Å². The van der Waals surface area contributed by atoms with Crippen LogP contribution in [-0.2, 0) is 4.79 Å². The molecular formula is C21H18N2OS2. The van der Waals surface area contributed by atoms with E-state index < -0.39 is 0 Å². The lowest BCUT2D eigenvalue weighted by atomic mass is 10.1. The Morgan fingerprint density at radius 3 is 2.38 bits per heavy atom. The molecule has 3 nitrogen and oxygen atoms in total. The minimum Gasteiger partial charge on any atom is -0.272 e. The van der Waals surface area contributed by atoms with Gasteiger partial charge in [0.15, 0.2) is 0 Å². The number of benzene rings is 2. The van der Waals surface area contributed by atoms with Gasteiger partial charge in [0.05, 0.1) is 17.2 Å². The fourth-order valence-electron chi connectivity index (χ4n) is 3.16. The van der Waals surface area contributed by atoms with Gasteiger partial charge in [0.25, 0.3) is 0 Å². The van der Waals surface area contributed by atoms with Gasteiger partial charge in [-0.2, -0.15) is 5.10 Å². The molecule has 26 heavy (non-hydrogen) atoms. The van der Waals surface area contributed by atoms with Crippen LogP contribution in [0.1, 0.15) is 26.8 Å². The number of aryl methyl sites for hydroxylation is 1. The van der Waals surface area contributed by atoms with Crippen LogP contribution in [0.5, 0.6) is 0 Å². The lowest BCUT2D eigenvalue weighted by Gasteiger charge is -2.12. The Labute approximate surface area is 161 Å². The zero-order valence-electron chi connectivity index (χ0n) is 14.3. The molecule has 0 unspecified atom stereocenters. The molecule has 0 saturated heterocycles. The zero-order chi connectivity index (χ0) is 17.9. The van der Waals surface area contributed by atoms with E-state index in [-0.39, 0.29) is 11.2 Å². The molecule has 130 valence electrons. The number of hydrogen-bond acceptors (Lipinski definition) is 4. The maximum atomic E-state index is 12.2. The van der Waals surface area contributed by atoms with Crippen molar-refractivity contribution in [2.24, 2.45) is 5.10 Å². The molecular weight excluding hydrogens is 360 g/mol. The molecule has 1 amide bonds. The summed E-state index contributed by atoms with van der Waals surface area (Å²) in [6.45, 7) is 2.03. The minimum absolute atomic E-state index is 0.0812. The number of carbonyl (C=O) groups excluding carboxylic acids is 1. The Hall–Kier alpha value is -2.37. The second-order valence-corrected chi connectivity index (χ2v) is 8.17. The van der Waals surface area contributed by atoms with E-state index >= 15 is 0 Å². The van der Waals surface area contributed by atoms with Gasteiger partial charge in [-0.05, 0) is 46.2 Å². The van der Waals surface area contributed by atoms with Crippen molar-refractivity contribution in [2.45, 2.75) is 12.2 Å². The van der Waals surface area contributed by atoms with Crippen LogP contribution in [0.25, 0.3) is 11.1 Å². The molecule has 1 N–H and O–H groups in total. The third kappa shape index (κ3) is 3.32. The summed E-state index contributed by atoms with van der Waals surface area (Å²) in [4.78, 5) is 13.3. The maximum absolute atomic E-state index is 12.2. The molecule has 0 bridgehead atoms. The lowest BCUT2D eigenvalue weighted by Crippen LogP contribution is -2.20. The van der Waals surface area contributed by atoms with Gasteiger partial charge in [-0.25, -0.2) is 5.43 Å². The molecule has 0 aliphatic heterocycles. The Bertz CT molecular complexity index is 932. The molecule has 3 aromatic rings.